The van der Waals surface area contributed by atoms with Crippen molar-refractivity contribution in [1.29, 1.82) is 0 Å². The van der Waals surface area contributed by atoms with Gasteiger partial charge in [0.05, 0.1) is 0 Å². The van der Waals surface area contributed by atoms with Crippen LogP contribution in [0, 0.1) is 0 Å². The van der Waals surface area contributed by atoms with Crippen LogP contribution < -0.4 is 9.64 Å². The average Bonchev–Trinajstić information content (AvgIpc) is 3.10. The van der Waals surface area contributed by atoms with Gasteiger partial charge in [-0.25, -0.2) is 4.79 Å². The smallest absolute Gasteiger partial charge is 0.347 e. The van der Waals surface area contributed by atoms with Crippen LogP contribution in [0.15, 0.2) is 52.9 Å². The van der Waals surface area contributed by atoms with Crippen LogP contribution in [0.25, 0.3) is 11.1 Å². The van der Waals surface area contributed by atoms with Gasteiger partial charge in [-0.15, -0.1) is 0 Å². The molecule has 0 aliphatic heterocycles. The number of anilines is 1. The molecule has 1 N–H and O–H groups in total. The Bertz CT molecular complexity index is 898. The van der Waals surface area contributed by atoms with E-state index in [2.05, 4.69) is 16.8 Å². The number of para-hydroxylation sites is 2. The Morgan fingerprint density at radius 2 is 1.86 bits per heavy atom. The molecule has 0 saturated carbocycles. The van der Waals surface area contributed by atoms with E-state index in [1.54, 1.807) is 0 Å². The lowest BCUT2D eigenvalue weighted by atomic mass is 10.1. The molecule has 0 atom stereocenters. The van der Waals surface area contributed by atoms with E-state index in [4.69, 9.17) is 14.3 Å². The predicted octanol–water partition coefficient (Wildman–Crippen LogP) is 4.53. The molecule has 1 heterocycles. The summed E-state index contributed by atoms with van der Waals surface area (Å²) < 4.78 is 11.5. The third kappa shape index (κ3) is 4.63. The molecule has 0 amide bonds. The second kappa shape index (κ2) is 8.33. The zero-order chi connectivity index (χ0) is 20.1. The summed E-state index contributed by atoms with van der Waals surface area (Å²) >= 11 is 0. The van der Waals surface area contributed by atoms with Gasteiger partial charge in [-0.1, -0.05) is 31.2 Å². The number of fused-ring (bicyclic) bond motifs is 1. The van der Waals surface area contributed by atoms with Crippen LogP contribution in [0.1, 0.15) is 32.8 Å². The van der Waals surface area contributed by atoms with Crippen molar-refractivity contribution in [3.8, 4) is 5.75 Å². The third-order valence-electron chi connectivity index (χ3n) is 4.53. The van der Waals surface area contributed by atoms with E-state index in [1.165, 1.54) is 13.8 Å². The van der Waals surface area contributed by atoms with Gasteiger partial charge >= 0.3 is 5.97 Å². The number of rotatable bonds is 9. The molecule has 0 bridgehead atoms. The molecule has 3 aromatic rings. The van der Waals surface area contributed by atoms with Gasteiger partial charge in [0.1, 0.15) is 11.3 Å². The molecular formula is C22H26N2O4. The van der Waals surface area contributed by atoms with Crippen LogP contribution >= 0.6 is 0 Å². The Labute approximate surface area is 164 Å². The molecule has 1 aromatic heterocycles. The summed E-state index contributed by atoms with van der Waals surface area (Å²) in [7, 11) is 0. The molecular weight excluding hydrogens is 356 g/mol. The van der Waals surface area contributed by atoms with Gasteiger partial charge in [-0.05, 0) is 56.5 Å². The summed E-state index contributed by atoms with van der Waals surface area (Å²) in [5.41, 5.74) is 1.53. The molecule has 0 spiro atoms. The molecule has 3 rings (SSSR count). The number of nitrogens with zero attached hydrogens (tertiary/aromatic N) is 2. The first-order valence-corrected chi connectivity index (χ1v) is 9.51. The largest absolute Gasteiger partial charge is 0.478 e. The number of hydrogen-bond donors (Lipinski definition) is 1. The molecule has 0 radical (unpaired) electrons. The highest BCUT2D eigenvalue weighted by Crippen LogP contribution is 2.23. The Balaban J connectivity index is 1.66. The molecule has 0 unspecified atom stereocenters. The Morgan fingerprint density at radius 3 is 2.50 bits per heavy atom. The maximum Gasteiger partial charge on any atom is 0.347 e. The molecule has 0 fully saturated rings. The summed E-state index contributed by atoms with van der Waals surface area (Å²) in [5, 5.41) is 9.17. The van der Waals surface area contributed by atoms with Gasteiger partial charge in [0.2, 0.25) is 0 Å². The standard InChI is InChI=1S/C22H26N2O4/c1-4-14-24(21-23-18-7-5-6-8-19(18)27-21)15-13-16-9-11-17(12-10-16)28-22(2,3)20(25)26/h5-12H,4,13-15H2,1-3H3,(H,25,26). The summed E-state index contributed by atoms with van der Waals surface area (Å²) in [6.45, 7) is 6.84. The van der Waals surface area contributed by atoms with Crippen molar-refractivity contribution in [3.63, 3.8) is 0 Å². The second-order valence-corrected chi connectivity index (χ2v) is 7.26. The molecule has 0 aliphatic carbocycles. The highest BCUT2D eigenvalue weighted by atomic mass is 16.5. The normalized spacial score (nSPS) is 11.5. The fraction of sp³-hybridized carbons (Fsp3) is 0.364. The van der Waals surface area contributed by atoms with Gasteiger partial charge in [-0.2, -0.15) is 4.98 Å². The van der Waals surface area contributed by atoms with E-state index in [9.17, 15) is 4.79 Å². The van der Waals surface area contributed by atoms with Crippen molar-refractivity contribution in [2.45, 2.75) is 39.2 Å². The van der Waals surface area contributed by atoms with Gasteiger partial charge in [0, 0.05) is 13.1 Å². The highest BCUT2D eigenvalue weighted by molar-refractivity contribution is 5.76. The first-order chi connectivity index (χ1) is 13.4. The van der Waals surface area contributed by atoms with Crippen LogP contribution in [0.5, 0.6) is 5.75 Å². The van der Waals surface area contributed by atoms with E-state index in [0.29, 0.717) is 11.8 Å². The Morgan fingerprint density at radius 1 is 1.14 bits per heavy atom. The predicted molar refractivity (Wildman–Crippen MR) is 109 cm³/mol. The van der Waals surface area contributed by atoms with Crippen molar-refractivity contribution >= 4 is 23.1 Å². The van der Waals surface area contributed by atoms with Gasteiger partial charge in [0.15, 0.2) is 11.2 Å². The van der Waals surface area contributed by atoms with Crippen molar-refractivity contribution < 1.29 is 19.1 Å². The second-order valence-electron chi connectivity index (χ2n) is 7.26. The minimum Gasteiger partial charge on any atom is -0.478 e. The van der Waals surface area contributed by atoms with Gasteiger partial charge < -0.3 is 19.2 Å². The molecule has 6 heteroatoms. The zero-order valence-corrected chi connectivity index (χ0v) is 16.5. The first kappa shape index (κ1) is 19.7. The number of hydrogen-bond acceptors (Lipinski definition) is 5. The zero-order valence-electron chi connectivity index (χ0n) is 16.5. The number of aliphatic carboxylic acids is 1. The minimum absolute atomic E-state index is 0.542. The Kier molecular flexibility index (Phi) is 5.87. The summed E-state index contributed by atoms with van der Waals surface area (Å²) in [4.78, 5) is 17.9. The first-order valence-electron chi connectivity index (χ1n) is 9.51. The number of carbonyl (C=O) groups is 1. The van der Waals surface area contributed by atoms with Crippen molar-refractivity contribution in [3.05, 3.63) is 54.1 Å². The van der Waals surface area contributed by atoms with Crippen LogP contribution in [0.3, 0.4) is 0 Å². The molecule has 2 aromatic carbocycles. The van der Waals surface area contributed by atoms with Crippen molar-refractivity contribution in [2.75, 3.05) is 18.0 Å². The fourth-order valence-electron chi connectivity index (χ4n) is 2.89. The van der Waals surface area contributed by atoms with Crippen LogP contribution in [0.2, 0.25) is 0 Å². The molecule has 0 saturated heterocycles. The summed E-state index contributed by atoms with van der Waals surface area (Å²) in [6, 6.07) is 16.0. The van der Waals surface area contributed by atoms with Crippen LogP contribution in [-0.2, 0) is 11.2 Å². The number of carboxylic acid groups (broad SMARTS) is 1. The van der Waals surface area contributed by atoms with E-state index in [0.717, 1.165) is 42.6 Å². The lowest BCUT2D eigenvalue weighted by Gasteiger charge is -2.22. The van der Waals surface area contributed by atoms with Crippen molar-refractivity contribution in [2.24, 2.45) is 0 Å². The minimum atomic E-state index is -1.26. The maximum absolute atomic E-state index is 11.2. The molecule has 6 nitrogen and oxygen atoms in total. The van der Waals surface area contributed by atoms with E-state index in [1.807, 2.05) is 48.5 Å². The SMILES string of the molecule is CCCN(CCc1ccc(OC(C)(C)C(=O)O)cc1)c1nc2ccccc2o1. The van der Waals surface area contributed by atoms with Crippen LogP contribution in [-0.4, -0.2) is 34.8 Å². The monoisotopic (exact) mass is 382 g/mol. The topological polar surface area (TPSA) is 75.8 Å². The summed E-state index contributed by atoms with van der Waals surface area (Å²) in [6.07, 6.45) is 1.82. The Hall–Kier alpha value is -3.02. The average molecular weight is 382 g/mol. The fourth-order valence-corrected chi connectivity index (χ4v) is 2.89. The van der Waals surface area contributed by atoms with Crippen molar-refractivity contribution in [1.82, 2.24) is 4.98 Å². The highest BCUT2D eigenvalue weighted by Gasteiger charge is 2.29. The van der Waals surface area contributed by atoms with E-state index in [-0.39, 0.29) is 0 Å². The van der Waals surface area contributed by atoms with Gasteiger partial charge in [0.25, 0.3) is 6.01 Å². The number of benzene rings is 2. The summed E-state index contributed by atoms with van der Waals surface area (Å²) in [5.74, 6) is -0.453. The van der Waals surface area contributed by atoms with Crippen LogP contribution in [0.4, 0.5) is 6.01 Å². The third-order valence-corrected chi connectivity index (χ3v) is 4.53. The molecule has 0 aliphatic rings. The number of oxazole rings is 1. The number of aromatic nitrogens is 1. The quantitative estimate of drug-likeness (QED) is 0.586. The van der Waals surface area contributed by atoms with Gasteiger partial charge in [-0.3, -0.25) is 0 Å². The number of carboxylic acids is 1. The maximum atomic E-state index is 11.2. The number of ether oxygens (including phenoxy) is 1. The lowest BCUT2D eigenvalue weighted by Crippen LogP contribution is -2.37. The molecule has 148 valence electrons. The van der Waals surface area contributed by atoms with E-state index >= 15 is 0 Å². The molecule has 28 heavy (non-hydrogen) atoms. The lowest BCUT2D eigenvalue weighted by molar-refractivity contribution is -0.152. The van der Waals surface area contributed by atoms with E-state index < -0.39 is 11.6 Å².